The van der Waals surface area contributed by atoms with E-state index in [1.54, 1.807) is 0 Å². The van der Waals surface area contributed by atoms with Gasteiger partial charge in [-0.25, -0.2) is 9.98 Å². The second-order valence-corrected chi connectivity index (χ2v) is 17.4. The Hall–Kier alpha value is -6.37. The van der Waals surface area contributed by atoms with Crippen LogP contribution in [-0.2, 0) is 13.6 Å². The first-order valence-electron chi connectivity index (χ1n) is 20.5. The van der Waals surface area contributed by atoms with Gasteiger partial charge in [-0.3, -0.25) is 4.57 Å². The molecule has 3 aliphatic rings. The number of rotatable bonds is 9. The topological polar surface area (TPSA) is 91.8 Å². The minimum Gasteiger partial charge on any atom is -0.354 e. The molecule has 3 aliphatic heterocycles. The second kappa shape index (κ2) is 16.0. The highest BCUT2D eigenvalue weighted by Gasteiger charge is 2.36. The van der Waals surface area contributed by atoms with Crippen LogP contribution in [0.2, 0.25) is 0 Å². The van der Waals surface area contributed by atoms with E-state index < -0.39 is 7.60 Å². The average Bonchev–Trinajstić information content (AvgIpc) is 4.08. The number of hydrogen-bond donors (Lipinski definition) is 2. The van der Waals surface area contributed by atoms with Crippen molar-refractivity contribution in [1.29, 1.82) is 0 Å². The summed E-state index contributed by atoms with van der Waals surface area (Å²) >= 11 is 0. The van der Waals surface area contributed by atoms with E-state index in [1.165, 1.54) is 11.1 Å². The highest BCUT2D eigenvalue weighted by atomic mass is 31.2. The Bertz CT molecular complexity index is 3010. The van der Waals surface area contributed by atoms with Gasteiger partial charge in [-0.1, -0.05) is 119 Å². The molecule has 0 saturated heterocycles. The van der Waals surface area contributed by atoms with E-state index in [2.05, 4.69) is 177 Å². The summed E-state index contributed by atoms with van der Waals surface area (Å²) < 4.78 is 27.5. The first-order chi connectivity index (χ1) is 29.1. The standard InChI is InChI=1S/C52H47N4O3P/c1-7-58-60(57,59-8-2)52-40-31-47(56-52)51(39-23-15-35(6)16-24-39)46-30-29-45(55-46)50(38-21-13-34(5)14-22-38)44-28-27-43(54-44)49(37-19-11-33(4)12-20-37)42-26-25-41(53-42)48(40)36-17-9-32(3)10-18-36/h9-31,54,56H,7-8H2,1-6H3. The first-order valence-corrected chi connectivity index (χ1v) is 22.0. The zero-order valence-corrected chi connectivity index (χ0v) is 35.7. The lowest BCUT2D eigenvalue weighted by Gasteiger charge is -2.19. The number of aromatic amines is 2. The molecule has 0 fully saturated rings. The van der Waals surface area contributed by atoms with Crippen LogP contribution in [0.4, 0.5) is 0 Å². The fourth-order valence-corrected chi connectivity index (χ4v) is 9.85. The van der Waals surface area contributed by atoms with E-state index in [-0.39, 0.29) is 13.2 Å². The third kappa shape index (κ3) is 7.30. The molecule has 0 amide bonds. The molecule has 0 radical (unpaired) electrons. The molecule has 2 N–H and O–H groups in total. The molecule has 7 nitrogen and oxygen atoms in total. The number of aliphatic imine (C=N–C) groups is 2. The van der Waals surface area contributed by atoms with Gasteiger partial charge in [0.05, 0.1) is 36.0 Å². The molecule has 4 aromatic carbocycles. The zero-order chi connectivity index (χ0) is 41.5. The Labute approximate surface area is 351 Å². The number of allylic oxidation sites excluding steroid dienone is 4. The van der Waals surface area contributed by atoms with Gasteiger partial charge in [0.25, 0.3) is 0 Å². The van der Waals surface area contributed by atoms with Crippen LogP contribution in [0, 0.1) is 27.7 Å². The van der Waals surface area contributed by atoms with Gasteiger partial charge in [0.1, 0.15) is 5.44 Å². The molecule has 0 spiro atoms. The van der Waals surface area contributed by atoms with Crippen molar-refractivity contribution < 1.29 is 13.6 Å². The fourth-order valence-electron chi connectivity index (χ4n) is 8.11. The Balaban J connectivity index is 1.46. The maximum absolute atomic E-state index is 15.2. The molecule has 8 bridgehead atoms. The number of benzene rings is 4. The van der Waals surface area contributed by atoms with Gasteiger partial charge in [-0.2, -0.15) is 0 Å². The van der Waals surface area contributed by atoms with E-state index >= 15 is 4.57 Å². The Morgan fingerprint density at radius 3 is 1.28 bits per heavy atom. The highest BCUT2D eigenvalue weighted by Crippen LogP contribution is 2.50. The Morgan fingerprint density at radius 2 is 0.867 bits per heavy atom. The third-order valence-corrected chi connectivity index (χ3v) is 13.2. The maximum Gasteiger partial charge on any atom is 0.378 e. The molecule has 5 heterocycles. The number of hydrogen-bond acceptors (Lipinski definition) is 5. The number of H-pyrrole nitrogens is 2. The summed E-state index contributed by atoms with van der Waals surface area (Å²) in [6, 6.07) is 40.3. The highest BCUT2D eigenvalue weighted by molar-refractivity contribution is 7.62. The van der Waals surface area contributed by atoms with E-state index in [9.17, 15) is 0 Å². The molecule has 60 heavy (non-hydrogen) atoms. The lowest BCUT2D eigenvalue weighted by molar-refractivity contribution is 0.229. The van der Waals surface area contributed by atoms with Crippen LogP contribution in [0.15, 0.2) is 161 Å². The first kappa shape index (κ1) is 39.1. The van der Waals surface area contributed by atoms with Gasteiger partial charge in [-0.15, -0.1) is 0 Å². The summed E-state index contributed by atoms with van der Waals surface area (Å²) in [5.74, 6) is 0. The maximum atomic E-state index is 15.2. The summed E-state index contributed by atoms with van der Waals surface area (Å²) in [7, 11) is -3.92. The molecule has 6 aromatic rings. The van der Waals surface area contributed by atoms with E-state index in [0.717, 1.165) is 94.9 Å². The van der Waals surface area contributed by atoms with Crippen molar-refractivity contribution in [2.45, 2.75) is 41.5 Å². The minimum absolute atomic E-state index is 0.191. The third-order valence-electron chi connectivity index (χ3n) is 11.1. The van der Waals surface area contributed by atoms with Gasteiger partial charge in [0.15, 0.2) is 0 Å². The molecule has 8 heteroatoms. The lowest BCUT2D eigenvalue weighted by Crippen LogP contribution is -2.21. The molecular formula is C52H47N4O3P. The van der Waals surface area contributed by atoms with Gasteiger partial charge in [0.2, 0.25) is 0 Å². The predicted octanol–water partition coefficient (Wildman–Crippen LogP) is 10.1. The molecule has 0 aliphatic carbocycles. The molecule has 0 unspecified atom stereocenters. The SMILES string of the molecule is CCOP(=O)(OCC)c1[nH]c2cc1C(c1ccc(C)cc1)=C1C=CC(=N1)C(c1ccc(C)cc1)=c1ccc([nH]1)=C(c1ccc(C)cc1)C1=NC(=C2c2ccc(C)cc2)C=C1. The van der Waals surface area contributed by atoms with Gasteiger partial charge >= 0.3 is 7.60 Å². The summed E-state index contributed by atoms with van der Waals surface area (Å²) in [6.45, 7) is 12.4. The Morgan fingerprint density at radius 1 is 0.483 bits per heavy atom. The number of nitrogens with zero attached hydrogens (tertiary/aromatic N) is 2. The van der Waals surface area contributed by atoms with Gasteiger partial charge in [-0.05, 0) is 106 Å². The van der Waals surface area contributed by atoms with Crippen LogP contribution in [0.5, 0.6) is 0 Å². The summed E-state index contributed by atoms with van der Waals surface area (Å²) in [6.07, 6.45) is 8.30. The largest absolute Gasteiger partial charge is 0.378 e. The molecular weight excluding hydrogens is 760 g/mol. The van der Waals surface area contributed by atoms with Crippen molar-refractivity contribution in [1.82, 2.24) is 9.97 Å². The van der Waals surface area contributed by atoms with E-state index in [1.807, 2.05) is 13.8 Å². The van der Waals surface area contributed by atoms with E-state index in [0.29, 0.717) is 11.0 Å². The zero-order valence-electron chi connectivity index (χ0n) is 34.8. The van der Waals surface area contributed by atoms with Crippen LogP contribution >= 0.6 is 7.60 Å². The van der Waals surface area contributed by atoms with Crippen LogP contribution in [0.1, 0.15) is 69.6 Å². The van der Waals surface area contributed by atoms with Gasteiger partial charge < -0.3 is 19.0 Å². The number of aromatic nitrogens is 2. The fraction of sp³-hybridized carbons (Fsp3) is 0.154. The normalized spacial score (nSPS) is 15.0. The van der Waals surface area contributed by atoms with Crippen molar-refractivity contribution in [2.75, 3.05) is 13.2 Å². The van der Waals surface area contributed by atoms with Crippen LogP contribution in [0.3, 0.4) is 0 Å². The summed E-state index contributed by atoms with van der Waals surface area (Å²) in [4.78, 5) is 18.4. The lowest BCUT2D eigenvalue weighted by atomic mass is 9.95. The van der Waals surface area contributed by atoms with E-state index in [4.69, 9.17) is 19.0 Å². The smallest absolute Gasteiger partial charge is 0.354 e. The second-order valence-electron chi connectivity index (χ2n) is 15.5. The van der Waals surface area contributed by atoms with Gasteiger partial charge in [0, 0.05) is 44.2 Å². The number of nitrogens with one attached hydrogen (secondary N) is 2. The minimum atomic E-state index is -3.92. The Kier molecular flexibility index (Phi) is 10.4. The quantitative estimate of drug-likeness (QED) is 0.143. The molecule has 2 aromatic heterocycles. The molecule has 298 valence electrons. The van der Waals surface area contributed by atoms with Crippen molar-refractivity contribution in [3.8, 4) is 0 Å². The van der Waals surface area contributed by atoms with Crippen molar-refractivity contribution in [3.63, 3.8) is 0 Å². The predicted molar refractivity (Wildman–Crippen MR) is 246 cm³/mol. The molecule has 0 saturated carbocycles. The number of fused-ring (bicyclic) bond motifs is 6. The van der Waals surface area contributed by atoms with Crippen LogP contribution < -0.4 is 16.1 Å². The summed E-state index contributed by atoms with van der Waals surface area (Å²) in [5, 5.41) is 1.86. The number of aryl methyl sites for hydroxylation is 4. The average molecular weight is 807 g/mol. The van der Waals surface area contributed by atoms with Crippen LogP contribution in [0.25, 0.3) is 22.3 Å². The van der Waals surface area contributed by atoms with Crippen molar-refractivity contribution in [2.24, 2.45) is 9.98 Å². The summed E-state index contributed by atoms with van der Waals surface area (Å²) in [5.41, 5.74) is 17.0. The molecule has 9 rings (SSSR count). The van der Waals surface area contributed by atoms with Crippen LogP contribution in [-0.4, -0.2) is 34.6 Å². The van der Waals surface area contributed by atoms with Crippen molar-refractivity contribution >= 4 is 46.7 Å². The molecule has 0 atom stereocenters. The van der Waals surface area contributed by atoms with Crippen molar-refractivity contribution in [3.05, 3.63) is 217 Å². The monoisotopic (exact) mass is 806 g/mol.